The number of nitrogens with one attached hydrogen (secondary N) is 2. The van der Waals surface area contributed by atoms with Gasteiger partial charge in [-0.15, -0.1) is 6.58 Å². The number of sulfonamides is 1. The molecule has 2 amide bonds. The summed E-state index contributed by atoms with van der Waals surface area (Å²) in [6.45, 7) is 4.05. The predicted octanol–water partition coefficient (Wildman–Crippen LogP) is 2.21. The second-order valence-corrected chi connectivity index (χ2v) is 7.27. The third-order valence-electron chi connectivity index (χ3n) is 3.36. The van der Waals surface area contributed by atoms with E-state index in [-0.39, 0.29) is 11.4 Å². The van der Waals surface area contributed by atoms with E-state index >= 15 is 0 Å². The van der Waals surface area contributed by atoms with Crippen LogP contribution in [0.2, 0.25) is 0 Å². The SMILES string of the molecule is C=CCN(C)S(=O)(=O)c1ccc(NC(=O)NCc2ccccn2)cc1. The lowest BCUT2D eigenvalue weighted by Gasteiger charge is -2.15. The molecule has 0 aliphatic heterocycles. The van der Waals surface area contributed by atoms with Gasteiger partial charge < -0.3 is 10.6 Å². The van der Waals surface area contributed by atoms with Crippen LogP contribution in [0.15, 0.2) is 66.2 Å². The number of urea groups is 1. The number of rotatable bonds is 7. The minimum absolute atomic E-state index is 0.149. The molecule has 0 saturated carbocycles. The Kier molecular flexibility index (Phi) is 6.26. The normalized spacial score (nSPS) is 11.1. The molecule has 0 atom stereocenters. The first-order chi connectivity index (χ1) is 11.9. The Hall–Kier alpha value is -2.71. The van der Waals surface area contributed by atoms with E-state index in [1.165, 1.54) is 41.7 Å². The number of carbonyl (C=O) groups is 1. The molecule has 1 heterocycles. The lowest BCUT2D eigenvalue weighted by Crippen LogP contribution is -2.28. The van der Waals surface area contributed by atoms with Crippen molar-refractivity contribution in [2.75, 3.05) is 18.9 Å². The number of anilines is 1. The van der Waals surface area contributed by atoms with Crippen LogP contribution < -0.4 is 10.6 Å². The van der Waals surface area contributed by atoms with E-state index < -0.39 is 16.1 Å². The molecule has 0 aliphatic rings. The van der Waals surface area contributed by atoms with Crippen molar-refractivity contribution in [1.82, 2.24) is 14.6 Å². The molecule has 8 heteroatoms. The lowest BCUT2D eigenvalue weighted by atomic mass is 10.3. The number of hydrogen-bond acceptors (Lipinski definition) is 4. The zero-order valence-corrected chi connectivity index (χ0v) is 14.7. The van der Waals surface area contributed by atoms with Crippen molar-refractivity contribution < 1.29 is 13.2 Å². The van der Waals surface area contributed by atoms with E-state index in [9.17, 15) is 13.2 Å². The number of nitrogens with zero attached hydrogens (tertiary/aromatic N) is 2. The highest BCUT2D eigenvalue weighted by Crippen LogP contribution is 2.17. The van der Waals surface area contributed by atoms with E-state index in [1.54, 1.807) is 18.3 Å². The van der Waals surface area contributed by atoms with Crippen molar-refractivity contribution in [1.29, 1.82) is 0 Å². The Morgan fingerprint density at radius 3 is 2.56 bits per heavy atom. The largest absolute Gasteiger partial charge is 0.332 e. The molecule has 25 heavy (non-hydrogen) atoms. The fraction of sp³-hybridized carbons (Fsp3) is 0.176. The predicted molar refractivity (Wildman–Crippen MR) is 96.6 cm³/mol. The van der Waals surface area contributed by atoms with Crippen LogP contribution in [0.5, 0.6) is 0 Å². The first-order valence-electron chi connectivity index (χ1n) is 7.55. The van der Waals surface area contributed by atoms with Crippen LogP contribution >= 0.6 is 0 Å². The average molecular weight is 360 g/mol. The number of likely N-dealkylation sites (N-methyl/N-ethyl adjacent to an activating group) is 1. The van der Waals surface area contributed by atoms with Crippen molar-refractivity contribution in [2.24, 2.45) is 0 Å². The zero-order valence-electron chi connectivity index (χ0n) is 13.8. The molecule has 2 aromatic rings. The van der Waals surface area contributed by atoms with Crippen LogP contribution in [-0.2, 0) is 16.6 Å². The minimum atomic E-state index is -3.57. The summed E-state index contributed by atoms with van der Waals surface area (Å²) < 4.78 is 25.8. The molecule has 0 radical (unpaired) electrons. The second-order valence-electron chi connectivity index (χ2n) is 5.23. The highest BCUT2D eigenvalue weighted by Gasteiger charge is 2.19. The number of aromatic nitrogens is 1. The van der Waals surface area contributed by atoms with Crippen LogP contribution in [0.25, 0.3) is 0 Å². The molecule has 132 valence electrons. The smallest absolute Gasteiger partial charge is 0.319 e. The molecular formula is C17H20N4O3S. The van der Waals surface area contributed by atoms with Gasteiger partial charge in [-0.25, -0.2) is 13.2 Å². The summed E-state index contributed by atoms with van der Waals surface area (Å²) in [7, 11) is -2.09. The fourth-order valence-electron chi connectivity index (χ4n) is 2.02. The number of hydrogen-bond donors (Lipinski definition) is 2. The maximum absolute atomic E-state index is 12.3. The lowest BCUT2D eigenvalue weighted by molar-refractivity contribution is 0.251. The minimum Gasteiger partial charge on any atom is -0.332 e. The number of carbonyl (C=O) groups excluding carboxylic acids is 1. The van der Waals surface area contributed by atoms with Crippen molar-refractivity contribution in [3.05, 3.63) is 67.0 Å². The molecule has 1 aromatic heterocycles. The fourth-order valence-corrected chi connectivity index (χ4v) is 3.16. The Morgan fingerprint density at radius 2 is 1.96 bits per heavy atom. The maximum Gasteiger partial charge on any atom is 0.319 e. The first-order valence-corrected chi connectivity index (χ1v) is 8.99. The van der Waals surface area contributed by atoms with Gasteiger partial charge in [-0.3, -0.25) is 4.98 Å². The highest BCUT2D eigenvalue weighted by atomic mass is 32.2. The Labute approximate surface area is 147 Å². The van der Waals surface area contributed by atoms with Crippen LogP contribution in [-0.4, -0.2) is 37.3 Å². The van der Waals surface area contributed by atoms with E-state index in [0.717, 1.165) is 5.69 Å². The summed E-state index contributed by atoms with van der Waals surface area (Å²) in [5.41, 5.74) is 1.23. The third kappa shape index (κ3) is 5.13. The van der Waals surface area contributed by atoms with Gasteiger partial charge in [-0.1, -0.05) is 12.1 Å². The Balaban J connectivity index is 1.95. The number of amides is 2. The standard InChI is InChI=1S/C17H20N4O3S/c1-3-12-21(2)25(23,24)16-9-7-14(8-10-16)20-17(22)19-13-15-6-4-5-11-18-15/h3-11H,1,12-13H2,2H3,(H2,19,20,22). The summed E-state index contributed by atoms with van der Waals surface area (Å²) in [6.07, 6.45) is 3.16. The van der Waals surface area contributed by atoms with Crippen molar-refractivity contribution in [3.8, 4) is 0 Å². The van der Waals surface area contributed by atoms with Gasteiger partial charge in [0.1, 0.15) is 0 Å². The van der Waals surface area contributed by atoms with Gasteiger partial charge in [0.15, 0.2) is 0 Å². The first kappa shape index (κ1) is 18.6. The van der Waals surface area contributed by atoms with Gasteiger partial charge in [-0.2, -0.15) is 4.31 Å². The Morgan fingerprint density at radius 1 is 1.24 bits per heavy atom. The van der Waals surface area contributed by atoms with E-state index in [4.69, 9.17) is 0 Å². The van der Waals surface area contributed by atoms with Crippen LogP contribution in [0.3, 0.4) is 0 Å². The molecule has 0 fully saturated rings. The van der Waals surface area contributed by atoms with Gasteiger partial charge >= 0.3 is 6.03 Å². The maximum atomic E-state index is 12.3. The van der Waals surface area contributed by atoms with E-state index in [1.807, 2.05) is 6.07 Å². The second kappa shape index (κ2) is 8.41. The van der Waals surface area contributed by atoms with Gasteiger partial charge in [0.2, 0.25) is 10.0 Å². The number of pyridine rings is 1. The van der Waals surface area contributed by atoms with Crippen LogP contribution in [0, 0.1) is 0 Å². The molecule has 7 nitrogen and oxygen atoms in total. The molecule has 0 aliphatic carbocycles. The molecule has 2 N–H and O–H groups in total. The van der Waals surface area contributed by atoms with E-state index in [2.05, 4.69) is 22.2 Å². The molecule has 0 saturated heterocycles. The third-order valence-corrected chi connectivity index (χ3v) is 5.20. The van der Waals surface area contributed by atoms with Gasteiger partial charge in [0, 0.05) is 25.5 Å². The van der Waals surface area contributed by atoms with Gasteiger partial charge in [0.05, 0.1) is 17.1 Å². The van der Waals surface area contributed by atoms with E-state index in [0.29, 0.717) is 12.2 Å². The summed E-state index contributed by atoms with van der Waals surface area (Å²) in [4.78, 5) is 16.1. The summed E-state index contributed by atoms with van der Waals surface area (Å²) >= 11 is 0. The van der Waals surface area contributed by atoms with Gasteiger partial charge in [-0.05, 0) is 36.4 Å². The molecule has 0 bridgehead atoms. The topological polar surface area (TPSA) is 91.4 Å². The summed E-state index contributed by atoms with van der Waals surface area (Å²) in [5, 5.41) is 5.32. The molecule has 1 aromatic carbocycles. The summed E-state index contributed by atoms with van der Waals surface area (Å²) in [5.74, 6) is 0. The monoisotopic (exact) mass is 360 g/mol. The quantitative estimate of drug-likeness (QED) is 0.741. The molecule has 0 spiro atoms. The summed E-state index contributed by atoms with van der Waals surface area (Å²) in [6, 6.07) is 11.0. The van der Waals surface area contributed by atoms with Crippen LogP contribution in [0.4, 0.5) is 10.5 Å². The van der Waals surface area contributed by atoms with Gasteiger partial charge in [0.25, 0.3) is 0 Å². The Bertz CT molecular complexity index is 821. The van der Waals surface area contributed by atoms with Crippen molar-refractivity contribution in [3.63, 3.8) is 0 Å². The molecular weight excluding hydrogens is 340 g/mol. The number of benzene rings is 1. The van der Waals surface area contributed by atoms with Crippen LogP contribution in [0.1, 0.15) is 5.69 Å². The zero-order chi connectivity index (χ0) is 18.3. The van der Waals surface area contributed by atoms with Crippen molar-refractivity contribution in [2.45, 2.75) is 11.4 Å². The average Bonchev–Trinajstić information content (AvgIpc) is 2.61. The van der Waals surface area contributed by atoms with Crippen molar-refractivity contribution >= 4 is 21.7 Å². The molecule has 0 unspecified atom stereocenters. The molecule has 2 rings (SSSR count). The highest BCUT2D eigenvalue weighted by molar-refractivity contribution is 7.89.